The van der Waals surface area contributed by atoms with E-state index in [1.54, 1.807) is 20.0 Å². The number of benzene rings is 1. The fraction of sp³-hybridized carbons (Fsp3) is 0.467. The molecule has 1 heterocycles. The van der Waals surface area contributed by atoms with Crippen molar-refractivity contribution in [2.45, 2.75) is 13.3 Å². The Morgan fingerprint density at radius 2 is 2.30 bits per heavy atom. The van der Waals surface area contributed by atoms with Gasteiger partial charge >= 0.3 is 6.09 Å². The van der Waals surface area contributed by atoms with E-state index < -0.39 is 6.09 Å². The SMILES string of the molecule is CCOC(=O)N(C)CCc1cc2c(c(OC)c1/C=N\O)OCO2. The number of methoxy groups -OCH3 is 1. The predicted molar refractivity (Wildman–Crippen MR) is 81.9 cm³/mol. The van der Waals surface area contributed by atoms with E-state index in [1.165, 1.54) is 18.2 Å². The Bertz CT molecular complexity index is 602. The van der Waals surface area contributed by atoms with Crippen LogP contribution in [0.1, 0.15) is 18.1 Å². The minimum atomic E-state index is -0.391. The molecule has 2 rings (SSSR count). The van der Waals surface area contributed by atoms with E-state index in [0.717, 1.165) is 5.56 Å². The molecule has 0 unspecified atom stereocenters. The van der Waals surface area contributed by atoms with Gasteiger partial charge in [-0.2, -0.15) is 0 Å². The second kappa shape index (κ2) is 7.57. The zero-order valence-electron chi connectivity index (χ0n) is 13.4. The van der Waals surface area contributed by atoms with Crippen LogP contribution in [-0.2, 0) is 11.2 Å². The summed E-state index contributed by atoms with van der Waals surface area (Å²) in [5, 5.41) is 12.0. The van der Waals surface area contributed by atoms with Crippen LogP contribution in [0.15, 0.2) is 11.2 Å². The van der Waals surface area contributed by atoms with Gasteiger partial charge in [0.05, 0.1) is 19.9 Å². The molecule has 0 bridgehead atoms. The minimum Gasteiger partial charge on any atom is -0.492 e. The Labute approximate surface area is 134 Å². The largest absolute Gasteiger partial charge is 0.492 e. The molecule has 0 aromatic heterocycles. The van der Waals surface area contributed by atoms with Crippen LogP contribution < -0.4 is 14.2 Å². The summed E-state index contributed by atoms with van der Waals surface area (Å²) < 4.78 is 21.1. The Morgan fingerprint density at radius 3 is 2.96 bits per heavy atom. The normalized spacial score (nSPS) is 12.5. The summed E-state index contributed by atoms with van der Waals surface area (Å²) in [6, 6.07) is 1.79. The van der Waals surface area contributed by atoms with Gasteiger partial charge in [-0.25, -0.2) is 4.79 Å². The lowest BCUT2D eigenvalue weighted by atomic mass is 10.0. The van der Waals surface area contributed by atoms with E-state index in [9.17, 15) is 4.79 Å². The quantitative estimate of drug-likeness (QED) is 0.488. The van der Waals surface area contributed by atoms with Crippen molar-refractivity contribution in [2.24, 2.45) is 5.16 Å². The highest BCUT2D eigenvalue weighted by Crippen LogP contribution is 2.44. The first-order chi connectivity index (χ1) is 11.1. The van der Waals surface area contributed by atoms with E-state index in [0.29, 0.717) is 42.4 Å². The van der Waals surface area contributed by atoms with Crippen LogP contribution >= 0.6 is 0 Å². The first-order valence-electron chi connectivity index (χ1n) is 7.17. The van der Waals surface area contributed by atoms with Gasteiger partial charge in [0, 0.05) is 19.2 Å². The van der Waals surface area contributed by atoms with E-state index in [4.69, 9.17) is 24.2 Å². The molecule has 0 saturated heterocycles. The number of hydrogen-bond acceptors (Lipinski definition) is 7. The molecular weight excluding hydrogens is 304 g/mol. The van der Waals surface area contributed by atoms with E-state index in [1.807, 2.05) is 0 Å². The number of rotatable bonds is 6. The zero-order chi connectivity index (χ0) is 16.8. The van der Waals surface area contributed by atoms with Crippen molar-refractivity contribution in [2.75, 3.05) is 34.1 Å². The van der Waals surface area contributed by atoms with Gasteiger partial charge in [0.25, 0.3) is 0 Å². The van der Waals surface area contributed by atoms with Crippen LogP contribution in [0.25, 0.3) is 0 Å². The molecule has 1 aliphatic heterocycles. The maximum Gasteiger partial charge on any atom is 0.409 e. The Balaban J connectivity index is 2.25. The van der Waals surface area contributed by atoms with Crippen molar-refractivity contribution in [1.29, 1.82) is 0 Å². The van der Waals surface area contributed by atoms with Crippen molar-refractivity contribution in [3.8, 4) is 17.2 Å². The van der Waals surface area contributed by atoms with Crippen LogP contribution in [-0.4, -0.2) is 56.5 Å². The van der Waals surface area contributed by atoms with Gasteiger partial charge in [-0.1, -0.05) is 5.16 Å². The van der Waals surface area contributed by atoms with Crippen LogP contribution in [0.3, 0.4) is 0 Å². The van der Waals surface area contributed by atoms with Crippen LogP contribution in [0.2, 0.25) is 0 Å². The Hall–Kier alpha value is -2.64. The topological polar surface area (TPSA) is 89.8 Å². The summed E-state index contributed by atoms with van der Waals surface area (Å²) in [6.45, 7) is 2.61. The number of likely N-dealkylation sites (N-methyl/N-ethyl adjacent to an activating group) is 1. The number of fused-ring (bicyclic) bond motifs is 1. The third-order valence-corrected chi connectivity index (χ3v) is 3.43. The Morgan fingerprint density at radius 1 is 1.52 bits per heavy atom. The lowest BCUT2D eigenvalue weighted by Crippen LogP contribution is -2.29. The Kier molecular flexibility index (Phi) is 5.51. The third-order valence-electron chi connectivity index (χ3n) is 3.43. The number of hydrogen-bond donors (Lipinski definition) is 1. The van der Waals surface area contributed by atoms with Gasteiger partial charge in [-0.05, 0) is 25.0 Å². The number of ether oxygens (including phenoxy) is 4. The molecule has 0 aliphatic carbocycles. The summed E-state index contributed by atoms with van der Waals surface area (Å²) in [4.78, 5) is 13.1. The lowest BCUT2D eigenvalue weighted by molar-refractivity contribution is 0.116. The molecule has 1 N–H and O–H groups in total. The van der Waals surface area contributed by atoms with Gasteiger partial charge < -0.3 is 29.1 Å². The molecule has 8 heteroatoms. The first-order valence-corrected chi connectivity index (χ1v) is 7.17. The molecule has 0 saturated carbocycles. The second-order valence-electron chi connectivity index (χ2n) is 4.83. The van der Waals surface area contributed by atoms with Crippen LogP contribution in [0.5, 0.6) is 17.2 Å². The summed E-state index contributed by atoms with van der Waals surface area (Å²) in [5.74, 6) is 1.47. The van der Waals surface area contributed by atoms with Gasteiger partial charge in [0.2, 0.25) is 12.5 Å². The number of carbonyl (C=O) groups is 1. The maximum atomic E-state index is 11.7. The number of amides is 1. The highest BCUT2D eigenvalue weighted by molar-refractivity contribution is 5.88. The molecule has 0 fully saturated rings. The maximum absolute atomic E-state index is 11.7. The van der Waals surface area contributed by atoms with E-state index >= 15 is 0 Å². The highest BCUT2D eigenvalue weighted by Gasteiger charge is 2.25. The standard InChI is InChI=1S/C15H20N2O6/c1-4-21-15(18)17(2)6-5-10-7-12-14(23-9-22-12)13(20-3)11(10)8-16-19/h7-8,19H,4-6,9H2,1-3H3/b16-8-. The molecular formula is C15H20N2O6. The zero-order valence-corrected chi connectivity index (χ0v) is 13.4. The molecule has 23 heavy (non-hydrogen) atoms. The number of oxime groups is 1. The fourth-order valence-electron chi connectivity index (χ4n) is 2.30. The van der Waals surface area contributed by atoms with Crippen molar-refractivity contribution in [3.05, 3.63) is 17.2 Å². The molecule has 1 aromatic rings. The molecule has 8 nitrogen and oxygen atoms in total. The summed E-state index contributed by atoms with van der Waals surface area (Å²) in [7, 11) is 3.16. The molecule has 126 valence electrons. The number of nitrogens with zero attached hydrogens (tertiary/aromatic N) is 2. The van der Waals surface area contributed by atoms with Crippen LogP contribution in [0.4, 0.5) is 4.79 Å². The summed E-state index contributed by atoms with van der Waals surface area (Å²) in [6.07, 6.45) is 1.39. The lowest BCUT2D eigenvalue weighted by Gasteiger charge is -2.18. The van der Waals surface area contributed by atoms with Crippen molar-refractivity contribution < 1.29 is 28.9 Å². The van der Waals surface area contributed by atoms with Gasteiger partial charge in [-0.15, -0.1) is 0 Å². The third kappa shape index (κ3) is 3.58. The second-order valence-corrected chi connectivity index (χ2v) is 4.83. The van der Waals surface area contributed by atoms with Gasteiger partial charge in [0.1, 0.15) is 0 Å². The minimum absolute atomic E-state index is 0.105. The van der Waals surface area contributed by atoms with Gasteiger partial charge in [-0.3, -0.25) is 0 Å². The number of carbonyl (C=O) groups excluding carboxylic acids is 1. The summed E-state index contributed by atoms with van der Waals surface area (Å²) in [5.41, 5.74) is 1.39. The molecule has 1 amide bonds. The highest BCUT2D eigenvalue weighted by atomic mass is 16.7. The van der Waals surface area contributed by atoms with Crippen LogP contribution in [0, 0.1) is 0 Å². The van der Waals surface area contributed by atoms with Gasteiger partial charge in [0.15, 0.2) is 11.5 Å². The van der Waals surface area contributed by atoms with E-state index in [-0.39, 0.29) is 6.79 Å². The monoisotopic (exact) mass is 324 g/mol. The average Bonchev–Trinajstić information content (AvgIpc) is 3.00. The fourth-order valence-corrected chi connectivity index (χ4v) is 2.30. The molecule has 1 aliphatic rings. The van der Waals surface area contributed by atoms with Crippen molar-refractivity contribution >= 4 is 12.3 Å². The molecule has 1 aromatic carbocycles. The van der Waals surface area contributed by atoms with E-state index in [2.05, 4.69) is 5.16 Å². The van der Waals surface area contributed by atoms with Crippen molar-refractivity contribution in [1.82, 2.24) is 4.90 Å². The molecule has 0 spiro atoms. The molecule has 0 atom stereocenters. The first kappa shape index (κ1) is 16.7. The average molecular weight is 324 g/mol. The molecule has 0 radical (unpaired) electrons. The smallest absolute Gasteiger partial charge is 0.409 e. The summed E-state index contributed by atoms with van der Waals surface area (Å²) >= 11 is 0. The van der Waals surface area contributed by atoms with Crippen molar-refractivity contribution in [3.63, 3.8) is 0 Å². The predicted octanol–water partition coefficient (Wildman–Crippen LogP) is 1.86.